The standard InChI is InChI=1S/C26H29N3O4/c1-2-32-14-13-28-26(31)20-7-10-22(11-8-20)29-23(16-27-17-25(29)30)18-33-24-12-9-19-5-3-4-6-21(19)15-24/h3-12,15,23,27H,2,13-14,16-18H2,1H3,(H,28,31). The zero-order valence-electron chi connectivity index (χ0n) is 18.8. The Kier molecular flexibility index (Phi) is 7.55. The lowest BCUT2D eigenvalue weighted by Gasteiger charge is -2.36. The van der Waals surface area contributed by atoms with E-state index in [9.17, 15) is 9.59 Å². The molecule has 0 saturated carbocycles. The third-order valence-corrected chi connectivity index (χ3v) is 5.60. The highest BCUT2D eigenvalue weighted by Gasteiger charge is 2.30. The summed E-state index contributed by atoms with van der Waals surface area (Å²) < 4.78 is 11.3. The SMILES string of the molecule is CCOCCNC(=O)c1ccc(N2C(=O)CNCC2COc2ccc3ccccc3c2)cc1. The molecule has 0 aliphatic carbocycles. The van der Waals surface area contributed by atoms with E-state index >= 15 is 0 Å². The number of rotatable bonds is 9. The Bertz CT molecular complexity index is 1100. The van der Waals surface area contributed by atoms with Crippen molar-refractivity contribution in [3.05, 3.63) is 72.3 Å². The highest BCUT2D eigenvalue weighted by atomic mass is 16.5. The molecule has 7 nitrogen and oxygen atoms in total. The average Bonchev–Trinajstić information content (AvgIpc) is 2.85. The number of piperazine rings is 1. The number of hydrogen-bond acceptors (Lipinski definition) is 5. The van der Waals surface area contributed by atoms with Gasteiger partial charge in [-0.2, -0.15) is 0 Å². The number of amides is 2. The predicted octanol–water partition coefficient (Wildman–Crippen LogP) is 2.99. The molecule has 1 saturated heterocycles. The van der Waals surface area contributed by atoms with Crippen molar-refractivity contribution in [1.82, 2.24) is 10.6 Å². The van der Waals surface area contributed by atoms with E-state index in [1.165, 1.54) is 0 Å². The number of carbonyl (C=O) groups excluding carboxylic acids is 2. The lowest BCUT2D eigenvalue weighted by molar-refractivity contribution is -0.119. The summed E-state index contributed by atoms with van der Waals surface area (Å²) in [5.74, 6) is 0.581. The molecule has 33 heavy (non-hydrogen) atoms. The molecule has 2 amide bonds. The molecule has 1 atom stereocenters. The maximum atomic E-state index is 12.7. The molecule has 0 bridgehead atoms. The smallest absolute Gasteiger partial charge is 0.251 e. The Balaban J connectivity index is 1.42. The number of nitrogens with one attached hydrogen (secondary N) is 2. The summed E-state index contributed by atoms with van der Waals surface area (Å²) in [6.07, 6.45) is 0. The van der Waals surface area contributed by atoms with Crippen molar-refractivity contribution in [2.24, 2.45) is 0 Å². The molecule has 1 aliphatic rings. The minimum Gasteiger partial charge on any atom is -0.491 e. The second kappa shape index (κ2) is 10.9. The van der Waals surface area contributed by atoms with Crippen molar-refractivity contribution in [2.45, 2.75) is 13.0 Å². The Morgan fingerprint density at radius 1 is 1.09 bits per heavy atom. The van der Waals surface area contributed by atoms with E-state index in [2.05, 4.69) is 22.8 Å². The maximum Gasteiger partial charge on any atom is 0.251 e. The average molecular weight is 448 g/mol. The van der Waals surface area contributed by atoms with Crippen LogP contribution in [0.15, 0.2) is 66.7 Å². The molecule has 0 radical (unpaired) electrons. The number of hydrogen-bond donors (Lipinski definition) is 2. The minimum atomic E-state index is -0.163. The Labute approximate surface area is 193 Å². The van der Waals surface area contributed by atoms with Gasteiger partial charge in [0.05, 0.1) is 19.2 Å². The van der Waals surface area contributed by atoms with Gasteiger partial charge in [-0.1, -0.05) is 30.3 Å². The van der Waals surface area contributed by atoms with E-state index in [1.807, 2.05) is 49.4 Å². The first kappa shape index (κ1) is 22.8. The van der Waals surface area contributed by atoms with Crippen molar-refractivity contribution in [1.29, 1.82) is 0 Å². The van der Waals surface area contributed by atoms with Crippen molar-refractivity contribution in [2.75, 3.05) is 44.4 Å². The van der Waals surface area contributed by atoms with E-state index in [1.54, 1.807) is 17.0 Å². The van der Waals surface area contributed by atoms with Crippen molar-refractivity contribution in [3.63, 3.8) is 0 Å². The van der Waals surface area contributed by atoms with Gasteiger partial charge in [-0.05, 0) is 54.1 Å². The molecule has 172 valence electrons. The van der Waals surface area contributed by atoms with Crippen LogP contribution in [-0.4, -0.2) is 57.3 Å². The van der Waals surface area contributed by atoms with Crippen LogP contribution >= 0.6 is 0 Å². The number of fused-ring (bicyclic) bond motifs is 1. The fraction of sp³-hybridized carbons (Fsp3) is 0.308. The van der Waals surface area contributed by atoms with Gasteiger partial charge in [0.2, 0.25) is 5.91 Å². The molecule has 2 N–H and O–H groups in total. The van der Waals surface area contributed by atoms with E-state index < -0.39 is 0 Å². The van der Waals surface area contributed by atoms with Gasteiger partial charge in [0.25, 0.3) is 5.91 Å². The Hall–Kier alpha value is -3.42. The lowest BCUT2D eigenvalue weighted by Crippen LogP contribution is -2.57. The molecular formula is C26H29N3O4. The fourth-order valence-corrected chi connectivity index (χ4v) is 3.92. The summed E-state index contributed by atoms with van der Waals surface area (Å²) in [7, 11) is 0. The summed E-state index contributed by atoms with van der Waals surface area (Å²) >= 11 is 0. The number of nitrogens with zero attached hydrogens (tertiary/aromatic N) is 1. The van der Waals surface area contributed by atoms with E-state index in [4.69, 9.17) is 9.47 Å². The second-order valence-corrected chi connectivity index (χ2v) is 7.87. The molecule has 0 spiro atoms. The first-order valence-electron chi connectivity index (χ1n) is 11.3. The van der Waals surface area contributed by atoms with Crippen molar-refractivity contribution < 1.29 is 19.1 Å². The van der Waals surface area contributed by atoms with Gasteiger partial charge in [0.15, 0.2) is 0 Å². The molecule has 1 aliphatic heterocycles. The first-order valence-corrected chi connectivity index (χ1v) is 11.3. The van der Waals surface area contributed by atoms with Gasteiger partial charge >= 0.3 is 0 Å². The second-order valence-electron chi connectivity index (χ2n) is 7.87. The van der Waals surface area contributed by atoms with E-state index in [0.29, 0.717) is 38.5 Å². The molecule has 3 aromatic carbocycles. The van der Waals surface area contributed by atoms with Crippen molar-refractivity contribution >= 4 is 28.3 Å². The molecule has 1 unspecified atom stereocenters. The van der Waals surface area contributed by atoms with Crippen LogP contribution < -0.4 is 20.3 Å². The van der Waals surface area contributed by atoms with Crippen LogP contribution in [0.2, 0.25) is 0 Å². The quantitative estimate of drug-likeness (QED) is 0.493. The minimum absolute atomic E-state index is 0.0257. The first-order chi connectivity index (χ1) is 16.2. The van der Waals surface area contributed by atoms with Crippen LogP contribution in [0.25, 0.3) is 10.8 Å². The van der Waals surface area contributed by atoms with Crippen LogP contribution in [0.3, 0.4) is 0 Å². The Morgan fingerprint density at radius 2 is 1.88 bits per heavy atom. The van der Waals surface area contributed by atoms with Crippen LogP contribution in [0, 0.1) is 0 Å². The van der Waals surface area contributed by atoms with Gasteiger partial charge in [0.1, 0.15) is 12.4 Å². The third-order valence-electron chi connectivity index (χ3n) is 5.60. The van der Waals surface area contributed by atoms with Crippen molar-refractivity contribution in [3.8, 4) is 5.75 Å². The summed E-state index contributed by atoms with van der Waals surface area (Å²) in [6, 6.07) is 21.0. The number of benzene rings is 3. The zero-order valence-corrected chi connectivity index (χ0v) is 18.8. The molecule has 0 aromatic heterocycles. The largest absolute Gasteiger partial charge is 0.491 e. The number of ether oxygens (including phenoxy) is 2. The molecule has 3 aromatic rings. The molecule has 1 heterocycles. The summed E-state index contributed by atoms with van der Waals surface area (Å²) in [5.41, 5.74) is 1.29. The summed E-state index contributed by atoms with van der Waals surface area (Å²) in [6.45, 7) is 4.72. The maximum absolute atomic E-state index is 12.7. The lowest BCUT2D eigenvalue weighted by atomic mass is 10.1. The zero-order chi connectivity index (χ0) is 23.0. The van der Waals surface area contributed by atoms with Gasteiger partial charge in [-0.15, -0.1) is 0 Å². The van der Waals surface area contributed by atoms with Gasteiger partial charge in [-0.25, -0.2) is 0 Å². The summed E-state index contributed by atoms with van der Waals surface area (Å²) in [5, 5.41) is 8.26. The van der Waals surface area contributed by atoms with Crippen LogP contribution in [0.5, 0.6) is 5.75 Å². The van der Waals surface area contributed by atoms with E-state index in [-0.39, 0.29) is 24.4 Å². The third kappa shape index (κ3) is 5.69. The number of carbonyl (C=O) groups is 2. The molecular weight excluding hydrogens is 418 g/mol. The topological polar surface area (TPSA) is 79.9 Å². The summed E-state index contributed by atoms with van der Waals surface area (Å²) in [4.78, 5) is 26.8. The number of anilines is 1. The predicted molar refractivity (Wildman–Crippen MR) is 129 cm³/mol. The van der Waals surface area contributed by atoms with Gasteiger partial charge in [0, 0.05) is 30.9 Å². The van der Waals surface area contributed by atoms with Gasteiger partial charge in [-0.3, -0.25) is 9.59 Å². The highest BCUT2D eigenvalue weighted by molar-refractivity contribution is 5.98. The molecule has 7 heteroatoms. The monoisotopic (exact) mass is 447 g/mol. The normalized spacial score (nSPS) is 16.1. The van der Waals surface area contributed by atoms with Gasteiger partial charge < -0.3 is 25.0 Å². The Morgan fingerprint density at radius 3 is 2.67 bits per heavy atom. The highest BCUT2D eigenvalue weighted by Crippen LogP contribution is 2.23. The van der Waals surface area contributed by atoms with Crippen LogP contribution in [0.4, 0.5) is 5.69 Å². The fourth-order valence-electron chi connectivity index (χ4n) is 3.92. The van der Waals surface area contributed by atoms with E-state index in [0.717, 1.165) is 22.2 Å². The van der Waals surface area contributed by atoms with Crippen LogP contribution in [0.1, 0.15) is 17.3 Å². The molecule has 4 rings (SSSR count). The van der Waals surface area contributed by atoms with Crippen LogP contribution in [-0.2, 0) is 9.53 Å². The molecule has 1 fully saturated rings.